The van der Waals surface area contributed by atoms with Crippen molar-refractivity contribution in [2.45, 2.75) is 76.4 Å². The van der Waals surface area contributed by atoms with Crippen LogP contribution in [-0.2, 0) is 0 Å². The van der Waals surface area contributed by atoms with Crippen LogP contribution in [0.15, 0.2) is 0 Å². The molecule has 0 aromatic carbocycles. The number of rotatable bonds is 5. The van der Waals surface area contributed by atoms with E-state index in [1.807, 2.05) is 0 Å². The standard InChI is InChI=1S/C14H27NO/c1-14(8-4-5-9-14)15-11-13(16)10-12-6-2-3-7-12/h12-13,15-16H,2-11H2,1H3. The first-order chi connectivity index (χ1) is 7.68. The summed E-state index contributed by atoms with van der Waals surface area (Å²) < 4.78 is 0. The fourth-order valence-corrected chi connectivity index (χ4v) is 3.41. The fraction of sp³-hybridized carbons (Fsp3) is 1.00. The summed E-state index contributed by atoms with van der Waals surface area (Å²) in [4.78, 5) is 0. The van der Waals surface area contributed by atoms with E-state index in [1.165, 1.54) is 51.4 Å². The molecule has 0 amide bonds. The molecule has 0 aliphatic heterocycles. The Morgan fingerprint density at radius 2 is 1.81 bits per heavy atom. The van der Waals surface area contributed by atoms with Crippen molar-refractivity contribution in [3.63, 3.8) is 0 Å². The van der Waals surface area contributed by atoms with Crippen LogP contribution < -0.4 is 5.32 Å². The van der Waals surface area contributed by atoms with Gasteiger partial charge in [0.1, 0.15) is 0 Å². The Balaban J connectivity index is 1.64. The van der Waals surface area contributed by atoms with Crippen LogP contribution in [0.1, 0.15) is 64.7 Å². The third kappa shape index (κ3) is 3.46. The molecule has 2 N–H and O–H groups in total. The second-order valence-electron chi connectivity index (χ2n) is 6.19. The van der Waals surface area contributed by atoms with E-state index in [1.54, 1.807) is 0 Å². The van der Waals surface area contributed by atoms with Gasteiger partial charge in [-0.1, -0.05) is 38.5 Å². The highest BCUT2D eigenvalue weighted by Gasteiger charge is 2.28. The largest absolute Gasteiger partial charge is 0.392 e. The van der Waals surface area contributed by atoms with Crippen molar-refractivity contribution >= 4 is 0 Å². The highest BCUT2D eigenvalue weighted by Crippen LogP contribution is 2.30. The van der Waals surface area contributed by atoms with Crippen LogP contribution in [0, 0.1) is 5.92 Å². The van der Waals surface area contributed by atoms with Crippen LogP contribution >= 0.6 is 0 Å². The van der Waals surface area contributed by atoms with Crippen LogP contribution in [0.5, 0.6) is 0 Å². The highest BCUT2D eigenvalue weighted by atomic mass is 16.3. The highest BCUT2D eigenvalue weighted by molar-refractivity contribution is 4.89. The maximum atomic E-state index is 10.0. The maximum absolute atomic E-state index is 10.0. The van der Waals surface area contributed by atoms with Crippen molar-refractivity contribution in [1.82, 2.24) is 5.32 Å². The average molecular weight is 225 g/mol. The Hall–Kier alpha value is -0.0800. The van der Waals surface area contributed by atoms with Crippen LogP contribution in [0.3, 0.4) is 0 Å². The molecular formula is C14H27NO. The predicted molar refractivity (Wildman–Crippen MR) is 67.5 cm³/mol. The Labute approximate surface area is 99.8 Å². The van der Waals surface area contributed by atoms with Crippen molar-refractivity contribution < 1.29 is 5.11 Å². The van der Waals surface area contributed by atoms with E-state index in [-0.39, 0.29) is 6.10 Å². The number of β-amino-alcohol motifs (C(OH)–C–C–N with tert-alkyl or cyclic N) is 1. The molecule has 2 aliphatic rings. The summed E-state index contributed by atoms with van der Waals surface area (Å²) in [6.07, 6.45) is 11.6. The second-order valence-corrected chi connectivity index (χ2v) is 6.19. The zero-order valence-corrected chi connectivity index (χ0v) is 10.7. The minimum Gasteiger partial charge on any atom is -0.392 e. The Bertz CT molecular complexity index is 205. The van der Waals surface area contributed by atoms with Gasteiger partial charge in [-0.3, -0.25) is 0 Å². The summed E-state index contributed by atoms with van der Waals surface area (Å²) in [5, 5.41) is 13.6. The van der Waals surface area contributed by atoms with Gasteiger partial charge in [0.05, 0.1) is 6.10 Å². The molecule has 94 valence electrons. The zero-order valence-electron chi connectivity index (χ0n) is 10.7. The maximum Gasteiger partial charge on any atom is 0.0667 e. The smallest absolute Gasteiger partial charge is 0.0667 e. The summed E-state index contributed by atoms with van der Waals surface area (Å²) in [5.74, 6) is 0.799. The van der Waals surface area contributed by atoms with Crippen molar-refractivity contribution in [1.29, 1.82) is 0 Å². The molecule has 0 aromatic rings. The first-order valence-corrected chi connectivity index (χ1v) is 7.11. The molecular weight excluding hydrogens is 198 g/mol. The lowest BCUT2D eigenvalue weighted by Crippen LogP contribution is -2.43. The van der Waals surface area contributed by atoms with Crippen molar-refractivity contribution in [2.24, 2.45) is 5.92 Å². The van der Waals surface area contributed by atoms with Gasteiger partial charge in [0.2, 0.25) is 0 Å². The van der Waals surface area contributed by atoms with Gasteiger partial charge in [0, 0.05) is 12.1 Å². The van der Waals surface area contributed by atoms with Crippen LogP contribution in [0.25, 0.3) is 0 Å². The van der Waals surface area contributed by atoms with E-state index in [2.05, 4.69) is 12.2 Å². The van der Waals surface area contributed by atoms with Crippen molar-refractivity contribution in [2.75, 3.05) is 6.54 Å². The topological polar surface area (TPSA) is 32.3 Å². The minimum atomic E-state index is -0.125. The second kappa shape index (κ2) is 5.50. The van der Waals surface area contributed by atoms with Gasteiger partial charge in [0.25, 0.3) is 0 Å². The molecule has 2 nitrogen and oxygen atoms in total. The van der Waals surface area contributed by atoms with Crippen molar-refractivity contribution in [3.8, 4) is 0 Å². The predicted octanol–water partition coefficient (Wildman–Crippen LogP) is 2.85. The quantitative estimate of drug-likeness (QED) is 0.754. The molecule has 2 aliphatic carbocycles. The van der Waals surface area contributed by atoms with E-state index in [4.69, 9.17) is 0 Å². The van der Waals surface area contributed by atoms with Crippen molar-refractivity contribution in [3.05, 3.63) is 0 Å². The van der Waals surface area contributed by atoms with E-state index < -0.39 is 0 Å². The zero-order chi connectivity index (χ0) is 11.4. The van der Waals surface area contributed by atoms with Gasteiger partial charge >= 0.3 is 0 Å². The molecule has 1 unspecified atom stereocenters. The van der Waals surface area contributed by atoms with Gasteiger partial charge in [-0.05, 0) is 32.1 Å². The Morgan fingerprint density at radius 1 is 1.19 bits per heavy atom. The SMILES string of the molecule is CC1(NCC(O)CC2CCCC2)CCCC1. The molecule has 2 rings (SSSR count). The summed E-state index contributed by atoms with van der Waals surface area (Å²) in [5.41, 5.74) is 0.316. The molecule has 0 saturated heterocycles. The summed E-state index contributed by atoms with van der Waals surface area (Å²) >= 11 is 0. The molecule has 0 heterocycles. The molecule has 16 heavy (non-hydrogen) atoms. The summed E-state index contributed by atoms with van der Waals surface area (Å²) in [7, 11) is 0. The first kappa shape index (κ1) is 12.4. The third-order valence-electron chi connectivity index (χ3n) is 4.55. The van der Waals surface area contributed by atoms with Gasteiger partial charge in [-0.2, -0.15) is 0 Å². The van der Waals surface area contributed by atoms with Gasteiger partial charge in [-0.15, -0.1) is 0 Å². The van der Waals surface area contributed by atoms with Crippen LogP contribution in [-0.4, -0.2) is 23.3 Å². The van der Waals surface area contributed by atoms with Crippen LogP contribution in [0.2, 0.25) is 0 Å². The molecule has 1 atom stereocenters. The molecule has 0 spiro atoms. The summed E-state index contributed by atoms with van der Waals surface area (Å²) in [6, 6.07) is 0. The monoisotopic (exact) mass is 225 g/mol. The molecule has 0 bridgehead atoms. The lowest BCUT2D eigenvalue weighted by Gasteiger charge is -2.27. The van der Waals surface area contributed by atoms with Gasteiger partial charge in [-0.25, -0.2) is 0 Å². The molecule has 0 radical (unpaired) electrons. The molecule has 2 saturated carbocycles. The summed E-state index contributed by atoms with van der Waals surface area (Å²) in [6.45, 7) is 3.11. The van der Waals surface area contributed by atoms with Gasteiger partial charge < -0.3 is 10.4 Å². The lowest BCUT2D eigenvalue weighted by molar-refractivity contribution is 0.129. The van der Waals surface area contributed by atoms with Crippen LogP contribution in [0.4, 0.5) is 0 Å². The first-order valence-electron chi connectivity index (χ1n) is 7.11. The lowest BCUT2D eigenvalue weighted by atomic mass is 9.97. The number of hydrogen-bond acceptors (Lipinski definition) is 2. The van der Waals surface area contributed by atoms with E-state index >= 15 is 0 Å². The minimum absolute atomic E-state index is 0.125. The van der Waals surface area contributed by atoms with Gasteiger partial charge in [0.15, 0.2) is 0 Å². The molecule has 0 aromatic heterocycles. The van der Waals surface area contributed by atoms with E-state index in [9.17, 15) is 5.11 Å². The normalized spacial score (nSPS) is 27.4. The number of nitrogens with one attached hydrogen (secondary N) is 1. The Morgan fingerprint density at radius 3 is 2.44 bits per heavy atom. The average Bonchev–Trinajstić information content (AvgIpc) is 2.88. The fourth-order valence-electron chi connectivity index (χ4n) is 3.41. The Kier molecular flexibility index (Phi) is 4.26. The van der Waals surface area contributed by atoms with E-state index in [0.29, 0.717) is 5.54 Å². The third-order valence-corrected chi connectivity index (χ3v) is 4.55. The van der Waals surface area contributed by atoms with E-state index in [0.717, 1.165) is 18.9 Å². The number of aliphatic hydroxyl groups excluding tert-OH is 1. The number of aliphatic hydroxyl groups is 1. The molecule has 2 fully saturated rings. The molecule has 2 heteroatoms. The number of hydrogen-bond donors (Lipinski definition) is 2.